The monoisotopic (exact) mass is 526 g/mol. The predicted molar refractivity (Wildman–Crippen MR) is 134 cm³/mol. The van der Waals surface area contributed by atoms with Crippen LogP contribution < -0.4 is 16.4 Å². The minimum absolute atomic E-state index is 0.148. The zero-order valence-corrected chi connectivity index (χ0v) is 20.5. The van der Waals surface area contributed by atoms with Gasteiger partial charge in [-0.1, -0.05) is 23.4 Å². The quantitative estimate of drug-likeness (QED) is 0.167. The second-order valence-electron chi connectivity index (χ2n) is 8.56. The third kappa shape index (κ3) is 6.57. The summed E-state index contributed by atoms with van der Waals surface area (Å²) in [6.07, 6.45) is 3.84. The number of nitrogens with zero attached hydrogens (tertiary/aromatic N) is 6. The molecule has 1 aromatic heterocycles. The number of carbonyl (C=O) groups excluding carboxylic acids is 3. The maximum Gasteiger partial charge on any atom is 0.437 e. The molecule has 3 amide bonds. The molecule has 1 aromatic carbocycles. The number of rotatable bonds is 8. The van der Waals surface area contributed by atoms with Gasteiger partial charge in [0.05, 0.1) is 12.3 Å². The topological polar surface area (TPSA) is 179 Å². The van der Waals surface area contributed by atoms with E-state index in [4.69, 9.17) is 21.0 Å². The van der Waals surface area contributed by atoms with Gasteiger partial charge in [-0.3, -0.25) is 14.5 Å². The van der Waals surface area contributed by atoms with E-state index < -0.39 is 17.9 Å². The van der Waals surface area contributed by atoms with Crippen LogP contribution in [0.25, 0.3) is 11.1 Å². The SMILES string of the molecule is NC(N)=NC(=O)OCc1cccc(-c2cnc(N3CCC(=NOCCN4C(=O)CCC4=O)CC3)nc2)c1F. The second kappa shape index (κ2) is 12.1. The molecule has 2 aliphatic heterocycles. The van der Waals surface area contributed by atoms with Crippen molar-refractivity contribution in [2.24, 2.45) is 21.6 Å². The van der Waals surface area contributed by atoms with Crippen molar-refractivity contribution in [3.63, 3.8) is 0 Å². The number of aromatic nitrogens is 2. The number of benzene rings is 1. The summed E-state index contributed by atoms with van der Waals surface area (Å²) in [4.78, 5) is 55.2. The van der Waals surface area contributed by atoms with E-state index in [1.54, 1.807) is 12.1 Å². The summed E-state index contributed by atoms with van der Waals surface area (Å²) < 4.78 is 19.9. The fraction of sp³-hybridized carbons (Fsp3) is 0.375. The van der Waals surface area contributed by atoms with Gasteiger partial charge in [0.25, 0.3) is 0 Å². The number of imide groups is 1. The Labute approximate surface area is 217 Å². The Bertz CT molecular complexity index is 1240. The molecular formula is C24H27FN8O5. The fourth-order valence-electron chi connectivity index (χ4n) is 4.01. The molecule has 2 saturated heterocycles. The Morgan fingerprint density at radius 3 is 2.39 bits per heavy atom. The van der Waals surface area contributed by atoms with E-state index in [0.29, 0.717) is 37.4 Å². The number of amides is 3. The van der Waals surface area contributed by atoms with Gasteiger partial charge in [-0.2, -0.15) is 0 Å². The molecule has 0 aliphatic carbocycles. The lowest BCUT2D eigenvalue weighted by atomic mass is 10.1. The van der Waals surface area contributed by atoms with E-state index in [1.807, 2.05) is 4.90 Å². The summed E-state index contributed by atoms with van der Waals surface area (Å²) in [5.41, 5.74) is 12.0. The molecule has 3 heterocycles. The van der Waals surface area contributed by atoms with Crippen LogP contribution in [0.4, 0.5) is 15.1 Å². The molecule has 14 heteroatoms. The van der Waals surface area contributed by atoms with Crippen LogP contribution in [0.15, 0.2) is 40.7 Å². The molecule has 0 atom stereocenters. The highest BCUT2D eigenvalue weighted by Crippen LogP contribution is 2.26. The van der Waals surface area contributed by atoms with Crippen molar-refractivity contribution < 1.29 is 28.3 Å². The van der Waals surface area contributed by atoms with Gasteiger partial charge >= 0.3 is 6.09 Å². The number of hydrogen-bond donors (Lipinski definition) is 2. The van der Waals surface area contributed by atoms with Crippen molar-refractivity contribution in [1.82, 2.24) is 14.9 Å². The van der Waals surface area contributed by atoms with E-state index in [-0.39, 0.29) is 55.5 Å². The number of piperidine rings is 1. The van der Waals surface area contributed by atoms with Crippen LogP contribution in [-0.4, -0.2) is 70.7 Å². The van der Waals surface area contributed by atoms with Crippen molar-refractivity contribution in [3.05, 3.63) is 42.0 Å². The molecule has 38 heavy (non-hydrogen) atoms. The molecule has 4 rings (SSSR count). The Kier molecular flexibility index (Phi) is 8.40. The highest BCUT2D eigenvalue weighted by atomic mass is 19.1. The van der Waals surface area contributed by atoms with Gasteiger partial charge in [0, 0.05) is 67.9 Å². The molecule has 0 spiro atoms. The number of ether oxygens (including phenoxy) is 1. The normalized spacial score (nSPS) is 15.4. The fourth-order valence-corrected chi connectivity index (χ4v) is 4.01. The molecule has 200 valence electrons. The van der Waals surface area contributed by atoms with Crippen molar-refractivity contribution in [1.29, 1.82) is 0 Å². The number of halogens is 1. The lowest BCUT2D eigenvalue weighted by Gasteiger charge is -2.27. The first-order valence-corrected chi connectivity index (χ1v) is 11.9. The number of guanidine groups is 1. The van der Waals surface area contributed by atoms with E-state index in [1.165, 1.54) is 23.4 Å². The van der Waals surface area contributed by atoms with Crippen LogP contribution in [0.3, 0.4) is 0 Å². The maximum absolute atomic E-state index is 15.0. The Hall–Kier alpha value is -4.62. The van der Waals surface area contributed by atoms with Crippen LogP contribution in [0, 0.1) is 5.82 Å². The van der Waals surface area contributed by atoms with Crippen molar-refractivity contribution >= 4 is 35.5 Å². The van der Waals surface area contributed by atoms with Gasteiger partial charge in [0.1, 0.15) is 19.0 Å². The number of likely N-dealkylation sites (tertiary alicyclic amines) is 1. The highest BCUT2D eigenvalue weighted by molar-refractivity contribution is 6.01. The first-order chi connectivity index (χ1) is 18.3. The molecule has 0 saturated carbocycles. The number of hydrogen-bond acceptors (Lipinski definition) is 9. The van der Waals surface area contributed by atoms with E-state index in [0.717, 1.165) is 5.71 Å². The first kappa shape index (κ1) is 26.4. The molecule has 2 fully saturated rings. The smallest absolute Gasteiger partial charge is 0.437 e. The highest BCUT2D eigenvalue weighted by Gasteiger charge is 2.28. The van der Waals surface area contributed by atoms with Gasteiger partial charge < -0.3 is 25.9 Å². The molecular weight excluding hydrogens is 499 g/mol. The second-order valence-corrected chi connectivity index (χ2v) is 8.56. The molecule has 4 N–H and O–H groups in total. The molecule has 13 nitrogen and oxygen atoms in total. The van der Waals surface area contributed by atoms with Gasteiger partial charge in [0.2, 0.25) is 17.8 Å². The average Bonchev–Trinajstić information content (AvgIpc) is 3.23. The molecule has 0 bridgehead atoms. The third-order valence-corrected chi connectivity index (χ3v) is 5.98. The minimum Gasteiger partial charge on any atom is -0.443 e. The largest absolute Gasteiger partial charge is 0.443 e. The lowest BCUT2D eigenvalue weighted by Crippen LogP contribution is -2.35. The van der Waals surface area contributed by atoms with E-state index in [2.05, 4.69) is 20.1 Å². The Morgan fingerprint density at radius 1 is 1.05 bits per heavy atom. The zero-order chi connectivity index (χ0) is 27.1. The van der Waals surface area contributed by atoms with Gasteiger partial charge in [-0.15, -0.1) is 4.99 Å². The van der Waals surface area contributed by atoms with Crippen LogP contribution in [-0.2, 0) is 25.8 Å². The molecule has 2 aliphatic rings. The van der Waals surface area contributed by atoms with Crippen molar-refractivity contribution in [2.45, 2.75) is 32.3 Å². The summed E-state index contributed by atoms with van der Waals surface area (Å²) >= 11 is 0. The van der Waals surface area contributed by atoms with Crippen molar-refractivity contribution in [3.8, 4) is 11.1 Å². The van der Waals surface area contributed by atoms with Gasteiger partial charge in [-0.25, -0.2) is 19.2 Å². The van der Waals surface area contributed by atoms with Crippen molar-refractivity contribution in [2.75, 3.05) is 31.1 Å². The number of aliphatic imine (C=N–C) groups is 1. The standard InChI is InChI=1S/C24H27FN8O5/c25-21-15(14-37-24(36)30-22(26)27)2-1-3-18(21)16-12-28-23(29-13-16)32-8-6-17(7-9-32)31-38-11-10-33-19(34)4-5-20(33)35/h1-3,12-13H,4-11,14H2,(H4,26,27,30,36). The number of carbonyl (C=O) groups is 3. The van der Waals surface area contributed by atoms with Gasteiger partial charge in [0.15, 0.2) is 5.96 Å². The van der Waals surface area contributed by atoms with Crippen LogP contribution >= 0.6 is 0 Å². The summed E-state index contributed by atoms with van der Waals surface area (Å²) in [7, 11) is 0. The van der Waals surface area contributed by atoms with Crippen LogP contribution in [0.2, 0.25) is 0 Å². The summed E-state index contributed by atoms with van der Waals surface area (Å²) in [5.74, 6) is -0.865. The number of anilines is 1. The molecule has 0 radical (unpaired) electrons. The zero-order valence-electron chi connectivity index (χ0n) is 20.5. The van der Waals surface area contributed by atoms with Crippen LogP contribution in [0.1, 0.15) is 31.2 Å². The summed E-state index contributed by atoms with van der Waals surface area (Å²) in [6.45, 7) is 1.26. The average molecular weight is 527 g/mol. The first-order valence-electron chi connectivity index (χ1n) is 11.9. The minimum atomic E-state index is -1.01. The Morgan fingerprint density at radius 2 is 1.74 bits per heavy atom. The number of nitrogens with two attached hydrogens (primary N) is 2. The molecule has 0 unspecified atom stereocenters. The number of oxime groups is 1. The Balaban J connectivity index is 1.29. The van der Waals surface area contributed by atoms with Gasteiger partial charge in [-0.05, 0) is 0 Å². The predicted octanol–water partition coefficient (Wildman–Crippen LogP) is 1.31. The van der Waals surface area contributed by atoms with Crippen LogP contribution in [0.5, 0.6) is 0 Å². The summed E-state index contributed by atoms with van der Waals surface area (Å²) in [5, 5.41) is 4.14. The van der Waals surface area contributed by atoms with E-state index >= 15 is 4.39 Å². The van der Waals surface area contributed by atoms with E-state index in [9.17, 15) is 14.4 Å². The molecule has 2 aromatic rings. The maximum atomic E-state index is 15.0. The summed E-state index contributed by atoms with van der Waals surface area (Å²) in [6, 6.07) is 4.69. The third-order valence-electron chi connectivity index (χ3n) is 5.98. The lowest BCUT2D eigenvalue weighted by molar-refractivity contribution is -0.139.